The Morgan fingerprint density at radius 1 is 1.00 bits per heavy atom. The Morgan fingerprint density at radius 3 is 2.34 bits per heavy atom. The summed E-state index contributed by atoms with van der Waals surface area (Å²) in [5.41, 5.74) is -0.204. The number of hydrogen-bond acceptors (Lipinski definition) is 6. The summed E-state index contributed by atoms with van der Waals surface area (Å²) in [5.74, 6) is -1.66. The first-order valence-corrected chi connectivity index (χ1v) is 10.4. The second kappa shape index (κ2) is 9.94. The fraction of sp³-hybridized carbons (Fsp3) is 0.0870. The minimum atomic E-state index is -4.71. The molecule has 0 aliphatic heterocycles. The molecule has 3 aromatic carbocycles. The first-order chi connectivity index (χ1) is 16.7. The van der Waals surface area contributed by atoms with Crippen LogP contribution in [0.2, 0.25) is 5.02 Å². The first kappa shape index (κ1) is 23.9. The molecule has 1 amide bonds. The van der Waals surface area contributed by atoms with Crippen LogP contribution in [0.5, 0.6) is 0 Å². The number of ether oxygens (including phenoxy) is 1. The Hall–Kier alpha value is -4.25. The van der Waals surface area contributed by atoms with Crippen LogP contribution in [0, 0.1) is 0 Å². The van der Waals surface area contributed by atoms with E-state index in [9.17, 15) is 22.8 Å². The summed E-state index contributed by atoms with van der Waals surface area (Å²) in [7, 11) is 0. The molecule has 1 aromatic heterocycles. The highest BCUT2D eigenvalue weighted by Gasteiger charge is 2.34. The molecule has 0 radical (unpaired) electrons. The Kier molecular flexibility index (Phi) is 6.78. The molecule has 0 spiro atoms. The number of rotatable bonds is 6. The van der Waals surface area contributed by atoms with Gasteiger partial charge in [-0.2, -0.15) is 13.2 Å². The van der Waals surface area contributed by atoms with Gasteiger partial charge in [0.15, 0.2) is 0 Å². The van der Waals surface area contributed by atoms with Crippen molar-refractivity contribution < 1.29 is 27.5 Å². The zero-order chi connectivity index (χ0) is 25.0. The molecule has 0 fully saturated rings. The third-order valence-corrected chi connectivity index (χ3v) is 5.15. The molecule has 4 rings (SSSR count). The maximum atomic E-state index is 13.2. The number of nitrogens with one attached hydrogen (secondary N) is 1. The summed E-state index contributed by atoms with van der Waals surface area (Å²) in [6.07, 6.45) is -4.77. The van der Waals surface area contributed by atoms with Gasteiger partial charge in [-0.05, 0) is 52.9 Å². The van der Waals surface area contributed by atoms with E-state index in [1.54, 1.807) is 42.5 Å². The highest BCUT2D eigenvalue weighted by atomic mass is 35.5. The standard InChI is InChI=1S/C23H15ClF3N5O3/c24-19-11-8-16(12-18(19)23(25,26)27)29-21(33)20(14-4-2-1-3-5-14)35-22(34)15-6-9-17(10-7-15)32-13-28-30-31-32/h1-13,20H,(H,29,33). The van der Waals surface area contributed by atoms with Gasteiger partial charge in [0.2, 0.25) is 6.10 Å². The van der Waals surface area contributed by atoms with Crippen molar-refractivity contribution in [2.24, 2.45) is 0 Å². The van der Waals surface area contributed by atoms with E-state index in [0.29, 0.717) is 17.3 Å². The number of hydrogen-bond donors (Lipinski definition) is 1. The number of benzene rings is 3. The van der Waals surface area contributed by atoms with Gasteiger partial charge in [-0.3, -0.25) is 4.79 Å². The zero-order valence-corrected chi connectivity index (χ0v) is 18.4. The van der Waals surface area contributed by atoms with Gasteiger partial charge in [0.25, 0.3) is 5.91 Å². The Morgan fingerprint density at radius 2 is 1.71 bits per heavy atom. The molecule has 1 N–H and O–H groups in total. The third kappa shape index (κ3) is 5.64. The van der Waals surface area contributed by atoms with Crippen LogP contribution in [-0.4, -0.2) is 32.1 Å². The maximum absolute atomic E-state index is 13.2. The van der Waals surface area contributed by atoms with Crippen molar-refractivity contribution in [1.82, 2.24) is 20.2 Å². The van der Waals surface area contributed by atoms with Crippen LogP contribution < -0.4 is 5.32 Å². The molecule has 35 heavy (non-hydrogen) atoms. The summed E-state index contributed by atoms with van der Waals surface area (Å²) in [6.45, 7) is 0. The van der Waals surface area contributed by atoms with Gasteiger partial charge in [-0.25, -0.2) is 9.48 Å². The Labute approximate surface area is 201 Å². The SMILES string of the molecule is O=C(OC(C(=O)Nc1ccc(Cl)c(C(F)(F)F)c1)c1ccccc1)c1ccc(-n2cnnn2)cc1. The highest BCUT2D eigenvalue weighted by Crippen LogP contribution is 2.36. The lowest BCUT2D eigenvalue weighted by Crippen LogP contribution is -2.26. The number of esters is 1. The number of alkyl halides is 3. The molecule has 1 heterocycles. The lowest BCUT2D eigenvalue weighted by Gasteiger charge is -2.19. The predicted molar refractivity (Wildman–Crippen MR) is 119 cm³/mol. The first-order valence-electron chi connectivity index (χ1n) is 9.99. The van der Waals surface area contributed by atoms with Crippen molar-refractivity contribution in [3.8, 4) is 5.69 Å². The molecule has 1 atom stereocenters. The molecule has 8 nitrogen and oxygen atoms in total. The van der Waals surface area contributed by atoms with E-state index in [2.05, 4.69) is 20.8 Å². The maximum Gasteiger partial charge on any atom is 0.417 e. The van der Waals surface area contributed by atoms with Gasteiger partial charge in [0.1, 0.15) is 6.33 Å². The second-order valence-electron chi connectivity index (χ2n) is 7.18. The van der Waals surface area contributed by atoms with Gasteiger partial charge in [0.05, 0.1) is 21.8 Å². The highest BCUT2D eigenvalue weighted by molar-refractivity contribution is 6.31. The second-order valence-corrected chi connectivity index (χ2v) is 7.59. The van der Waals surface area contributed by atoms with E-state index < -0.39 is 34.7 Å². The third-order valence-electron chi connectivity index (χ3n) is 4.82. The topological polar surface area (TPSA) is 99.0 Å². The molecule has 0 bridgehead atoms. The average Bonchev–Trinajstić information content (AvgIpc) is 3.38. The van der Waals surface area contributed by atoms with E-state index in [1.807, 2.05) is 0 Å². The smallest absolute Gasteiger partial charge is 0.417 e. The van der Waals surface area contributed by atoms with E-state index >= 15 is 0 Å². The fourth-order valence-electron chi connectivity index (χ4n) is 3.13. The summed E-state index contributed by atoms with van der Waals surface area (Å²) in [4.78, 5) is 25.8. The van der Waals surface area contributed by atoms with Gasteiger partial charge in [0, 0.05) is 11.3 Å². The molecule has 1 unspecified atom stereocenters. The summed E-state index contributed by atoms with van der Waals surface area (Å²) >= 11 is 5.64. The minimum Gasteiger partial charge on any atom is -0.444 e. The monoisotopic (exact) mass is 501 g/mol. The quantitative estimate of drug-likeness (QED) is 0.378. The molecule has 12 heteroatoms. The lowest BCUT2D eigenvalue weighted by molar-refractivity contribution is -0.137. The molecule has 0 aliphatic carbocycles. The molecule has 0 aliphatic rings. The van der Waals surface area contributed by atoms with Gasteiger partial charge >= 0.3 is 12.1 Å². The normalized spacial score (nSPS) is 12.1. The summed E-state index contributed by atoms with van der Waals surface area (Å²) in [5, 5.41) is 12.7. The van der Waals surface area contributed by atoms with E-state index in [0.717, 1.165) is 6.07 Å². The molecule has 0 saturated heterocycles. The Bertz CT molecular complexity index is 1330. The average molecular weight is 502 g/mol. The Balaban J connectivity index is 1.56. The van der Waals surface area contributed by atoms with Crippen LogP contribution in [0.1, 0.15) is 27.6 Å². The van der Waals surface area contributed by atoms with Crippen LogP contribution in [0.15, 0.2) is 79.1 Å². The van der Waals surface area contributed by atoms with Gasteiger partial charge in [-0.15, -0.1) is 5.10 Å². The number of tetrazole rings is 1. The number of carbonyl (C=O) groups is 2. The van der Waals surface area contributed by atoms with Crippen molar-refractivity contribution in [2.45, 2.75) is 12.3 Å². The van der Waals surface area contributed by atoms with Crippen LogP contribution in [-0.2, 0) is 15.7 Å². The number of carbonyl (C=O) groups excluding carboxylic acids is 2. The number of halogens is 4. The van der Waals surface area contributed by atoms with Gasteiger partial charge < -0.3 is 10.1 Å². The van der Waals surface area contributed by atoms with E-state index in [-0.39, 0.29) is 11.3 Å². The molecular formula is C23H15ClF3N5O3. The summed E-state index contributed by atoms with van der Waals surface area (Å²) < 4.78 is 46.4. The number of anilines is 1. The fourth-order valence-corrected chi connectivity index (χ4v) is 3.36. The van der Waals surface area contributed by atoms with E-state index in [1.165, 1.54) is 29.2 Å². The van der Waals surface area contributed by atoms with Crippen molar-refractivity contribution >= 4 is 29.2 Å². The lowest BCUT2D eigenvalue weighted by atomic mass is 10.1. The van der Waals surface area contributed by atoms with Crippen LogP contribution in [0.25, 0.3) is 5.69 Å². The van der Waals surface area contributed by atoms with Crippen LogP contribution in [0.4, 0.5) is 18.9 Å². The zero-order valence-electron chi connectivity index (χ0n) is 17.6. The molecule has 178 valence electrons. The van der Waals surface area contributed by atoms with Crippen molar-refractivity contribution in [2.75, 3.05) is 5.32 Å². The predicted octanol–water partition coefficient (Wildman–Crippen LogP) is 4.87. The van der Waals surface area contributed by atoms with E-state index in [4.69, 9.17) is 16.3 Å². The van der Waals surface area contributed by atoms with Crippen LogP contribution in [0.3, 0.4) is 0 Å². The largest absolute Gasteiger partial charge is 0.444 e. The van der Waals surface area contributed by atoms with Gasteiger partial charge in [-0.1, -0.05) is 41.9 Å². The van der Waals surface area contributed by atoms with Crippen molar-refractivity contribution in [3.05, 3.63) is 101 Å². The number of aromatic nitrogens is 4. The summed E-state index contributed by atoms with van der Waals surface area (Å²) in [6, 6.07) is 17.1. The molecule has 4 aromatic rings. The number of amides is 1. The minimum absolute atomic E-state index is 0.140. The molecular weight excluding hydrogens is 487 g/mol. The van der Waals surface area contributed by atoms with Crippen molar-refractivity contribution in [1.29, 1.82) is 0 Å². The molecule has 0 saturated carbocycles. The van der Waals surface area contributed by atoms with Crippen molar-refractivity contribution in [3.63, 3.8) is 0 Å². The van der Waals surface area contributed by atoms with Crippen LogP contribution >= 0.6 is 11.6 Å². The number of nitrogens with zero attached hydrogens (tertiary/aromatic N) is 4.